The molecule has 0 aliphatic carbocycles. The van der Waals surface area contributed by atoms with Gasteiger partial charge in [0.1, 0.15) is 0 Å². The lowest BCUT2D eigenvalue weighted by Gasteiger charge is -2.05. The highest BCUT2D eigenvalue weighted by Crippen LogP contribution is 2.21. The van der Waals surface area contributed by atoms with E-state index >= 15 is 0 Å². The first kappa shape index (κ1) is 15.4. The quantitative estimate of drug-likeness (QED) is 0.711. The fraction of sp³-hybridized carbons (Fsp3) is 0.235. The molecule has 1 N–H and O–H groups in total. The number of hydrogen-bond acceptors (Lipinski definition) is 6. The van der Waals surface area contributed by atoms with Gasteiger partial charge in [0.25, 0.3) is 0 Å². The maximum Gasteiger partial charge on any atom is 0.213 e. The zero-order chi connectivity index (χ0) is 15.9. The zero-order valence-electron chi connectivity index (χ0n) is 12.9. The van der Waals surface area contributed by atoms with Crippen LogP contribution in [0.4, 0.5) is 5.13 Å². The molecule has 118 valence electrons. The first-order chi connectivity index (χ1) is 11.3. The molecule has 1 aromatic carbocycles. The van der Waals surface area contributed by atoms with Crippen LogP contribution in [0.3, 0.4) is 0 Å². The fourth-order valence-corrected chi connectivity index (χ4v) is 2.57. The molecular weight excluding hydrogens is 308 g/mol. The number of nitrogens with zero attached hydrogens (tertiary/aromatic N) is 3. The van der Waals surface area contributed by atoms with Crippen LogP contribution in [0.25, 0.3) is 11.4 Å². The van der Waals surface area contributed by atoms with Gasteiger partial charge in [0, 0.05) is 35.9 Å². The van der Waals surface area contributed by atoms with Gasteiger partial charge in [0.2, 0.25) is 11.0 Å². The van der Waals surface area contributed by atoms with Gasteiger partial charge >= 0.3 is 0 Å². The van der Waals surface area contributed by atoms with E-state index in [9.17, 15) is 0 Å². The Labute approximate surface area is 139 Å². The molecule has 0 saturated heterocycles. The number of nitrogens with one attached hydrogen (secondary N) is 1. The molecule has 3 rings (SSSR count). The van der Waals surface area contributed by atoms with Crippen LogP contribution in [0.2, 0.25) is 0 Å². The second-order valence-corrected chi connectivity index (χ2v) is 5.75. The van der Waals surface area contributed by atoms with E-state index in [1.165, 1.54) is 11.5 Å². The molecule has 2 heterocycles. The molecule has 0 spiro atoms. The molecule has 0 atom stereocenters. The van der Waals surface area contributed by atoms with Crippen molar-refractivity contribution in [3.63, 3.8) is 0 Å². The Kier molecular flexibility index (Phi) is 5.16. The highest BCUT2D eigenvalue weighted by molar-refractivity contribution is 7.09. The summed E-state index contributed by atoms with van der Waals surface area (Å²) >= 11 is 1.36. The van der Waals surface area contributed by atoms with Gasteiger partial charge in [-0.25, -0.2) is 4.98 Å². The second kappa shape index (κ2) is 7.69. The summed E-state index contributed by atoms with van der Waals surface area (Å²) in [7, 11) is 0. The summed E-state index contributed by atoms with van der Waals surface area (Å²) in [5.74, 6) is 1.41. The number of aromatic nitrogens is 3. The van der Waals surface area contributed by atoms with E-state index in [0.717, 1.165) is 28.5 Å². The van der Waals surface area contributed by atoms with Crippen LogP contribution in [-0.2, 0) is 6.54 Å². The molecule has 0 bridgehead atoms. The lowest BCUT2D eigenvalue weighted by atomic mass is 10.2. The van der Waals surface area contributed by atoms with E-state index in [1.807, 2.05) is 48.7 Å². The molecule has 6 heteroatoms. The largest absolute Gasteiger partial charge is 0.478 e. The molecule has 0 unspecified atom stereocenters. The maximum atomic E-state index is 5.47. The number of benzene rings is 1. The highest BCUT2D eigenvalue weighted by atomic mass is 32.1. The van der Waals surface area contributed by atoms with E-state index in [0.29, 0.717) is 19.0 Å². The topological polar surface area (TPSA) is 59.9 Å². The SMILES string of the molecule is CCCOc1ccc(CNc2nc(-c3ccccc3)ns2)cn1. The van der Waals surface area contributed by atoms with Crippen LogP contribution in [0.15, 0.2) is 48.7 Å². The van der Waals surface area contributed by atoms with Crippen molar-refractivity contribution in [2.45, 2.75) is 19.9 Å². The number of hydrogen-bond donors (Lipinski definition) is 1. The predicted octanol–water partition coefficient (Wildman–Crippen LogP) is 4.00. The van der Waals surface area contributed by atoms with Gasteiger partial charge in [0.15, 0.2) is 5.82 Å². The first-order valence-electron chi connectivity index (χ1n) is 7.56. The summed E-state index contributed by atoms with van der Waals surface area (Å²) in [6, 6.07) is 13.9. The van der Waals surface area contributed by atoms with Gasteiger partial charge in [-0.3, -0.25) is 0 Å². The molecule has 0 aliphatic heterocycles. The Morgan fingerprint density at radius 2 is 2.00 bits per heavy atom. The summed E-state index contributed by atoms with van der Waals surface area (Å²) in [6.07, 6.45) is 2.79. The molecule has 0 saturated carbocycles. The Bertz CT molecular complexity index is 728. The minimum Gasteiger partial charge on any atom is -0.478 e. The normalized spacial score (nSPS) is 10.5. The lowest BCUT2D eigenvalue weighted by Crippen LogP contribution is -2.01. The zero-order valence-corrected chi connectivity index (χ0v) is 13.7. The van der Waals surface area contributed by atoms with Crippen molar-refractivity contribution < 1.29 is 4.74 Å². The van der Waals surface area contributed by atoms with Crippen molar-refractivity contribution >= 4 is 16.7 Å². The van der Waals surface area contributed by atoms with E-state index in [2.05, 4.69) is 26.6 Å². The summed E-state index contributed by atoms with van der Waals surface area (Å²) < 4.78 is 9.85. The third-order valence-electron chi connectivity index (χ3n) is 3.15. The van der Waals surface area contributed by atoms with Crippen molar-refractivity contribution in [1.82, 2.24) is 14.3 Å². The van der Waals surface area contributed by atoms with E-state index < -0.39 is 0 Å². The fourth-order valence-electron chi connectivity index (χ4n) is 1.98. The second-order valence-electron chi connectivity index (χ2n) is 5.00. The molecule has 3 aromatic rings. The molecule has 23 heavy (non-hydrogen) atoms. The molecule has 2 aromatic heterocycles. The highest BCUT2D eigenvalue weighted by Gasteiger charge is 2.06. The van der Waals surface area contributed by atoms with E-state index in [-0.39, 0.29) is 0 Å². The van der Waals surface area contributed by atoms with Crippen molar-refractivity contribution in [3.05, 3.63) is 54.2 Å². The Balaban J connectivity index is 1.57. The van der Waals surface area contributed by atoms with Gasteiger partial charge in [0.05, 0.1) is 6.61 Å². The Morgan fingerprint density at radius 3 is 2.74 bits per heavy atom. The lowest BCUT2D eigenvalue weighted by molar-refractivity contribution is 0.305. The van der Waals surface area contributed by atoms with Gasteiger partial charge < -0.3 is 10.1 Å². The third-order valence-corrected chi connectivity index (χ3v) is 3.83. The van der Waals surface area contributed by atoms with Gasteiger partial charge in [-0.15, -0.1) is 0 Å². The first-order valence-corrected chi connectivity index (χ1v) is 8.33. The van der Waals surface area contributed by atoms with Crippen molar-refractivity contribution in [2.24, 2.45) is 0 Å². The average molecular weight is 326 g/mol. The van der Waals surface area contributed by atoms with Crippen LogP contribution in [0.5, 0.6) is 5.88 Å². The van der Waals surface area contributed by atoms with Crippen molar-refractivity contribution in [2.75, 3.05) is 11.9 Å². The standard InChI is InChI=1S/C17H18N4OS/c1-2-10-22-15-9-8-13(11-18-15)12-19-17-20-16(21-23-17)14-6-4-3-5-7-14/h3-9,11H,2,10,12H2,1H3,(H,19,20,21). The van der Waals surface area contributed by atoms with Gasteiger partial charge in [-0.2, -0.15) is 9.36 Å². The number of ether oxygens (including phenoxy) is 1. The molecular formula is C17H18N4OS. The minimum atomic E-state index is 0.657. The van der Waals surface area contributed by atoms with E-state index in [4.69, 9.17) is 4.74 Å². The van der Waals surface area contributed by atoms with Crippen LogP contribution < -0.4 is 10.1 Å². The molecule has 0 radical (unpaired) electrons. The minimum absolute atomic E-state index is 0.657. The third kappa shape index (κ3) is 4.26. The Hall–Kier alpha value is -2.47. The van der Waals surface area contributed by atoms with Crippen LogP contribution >= 0.6 is 11.5 Å². The molecule has 0 amide bonds. The number of rotatable bonds is 7. The predicted molar refractivity (Wildman–Crippen MR) is 92.7 cm³/mol. The molecule has 0 fully saturated rings. The van der Waals surface area contributed by atoms with Crippen molar-refractivity contribution in [1.29, 1.82) is 0 Å². The summed E-state index contributed by atoms with van der Waals surface area (Å²) in [4.78, 5) is 8.79. The number of anilines is 1. The maximum absolute atomic E-state index is 5.47. The summed E-state index contributed by atoms with van der Waals surface area (Å²) in [5.41, 5.74) is 2.10. The smallest absolute Gasteiger partial charge is 0.213 e. The van der Waals surface area contributed by atoms with E-state index in [1.54, 1.807) is 0 Å². The monoisotopic (exact) mass is 326 g/mol. The van der Waals surface area contributed by atoms with Gasteiger partial charge in [-0.1, -0.05) is 43.3 Å². The Morgan fingerprint density at radius 1 is 1.13 bits per heavy atom. The summed E-state index contributed by atoms with van der Waals surface area (Å²) in [5, 5.41) is 4.08. The average Bonchev–Trinajstić information content (AvgIpc) is 3.09. The molecule has 5 nitrogen and oxygen atoms in total. The van der Waals surface area contributed by atoms with Crippen LogP contribution in [0.1, 0.15) is 18.9 Å². The molecule has 0 aliphatic rings. The van der Waals surface area contributed by atoms with Crippen LogP contribution in [-0.4, -0.2) is 20.9 Å². The van der Waals surface area contributed by atoms with Crippen molar-refractivity contribution in [3.8, 4) is 17.3 Å². The van der Waals surface area contributed by atoms with Gasteiger partial charge in [-0.05, 0) is 12.0 Å². The van der Waals surface area contributed by atoms with Crippen LogP contribution in [0, 0.1) is 0 Å². The summed E-state index contributed by atoms with van der Waals surface area (Å²) in [6.45, 7) is 3.42. The number of pyridine rings is 1.